The summed E-state index contributed by atoms with van der Waals surface area (Å²) in [7, 11) is 1.41. The largest absolute Gasteiger partial charge is 0.262 e. The summed E-state index contributed by atoms with van der Waals surface area (Å²) in [4.78, 5) is 0. The minimum Gasteiger partial charge on any atom is -0.262 e. The Labute approximate surface area is 103 Å². The molecule has 0 N–H and O–H groups in total. The van der Waals surface area contributed by atoms with E-state index in [9.17, 15) is 4.21 Å². The molecule has 0 aromatic heterocycles. The van der Waals surface area contributed by atoms with Crippen molar-refractivity contribution < 1.29 is 4.21 Å². The van der Waals surface area contributed by atoms with Crippen LogP contribution < -0.4 is 0 Å². The smallest absolute Gasteiger partial charge is 0.186 e. The average Bonchev–Trinajstić information content (AvgIpc) is 2.13. The van der Waals surface area contributed by atoms with Crippen LogP contribution in [0.25, 0.3) is 6.08 Å². The molecule has 1 rings (SSSR count). The summed E-state index contributed by atoms with van der Waals surface area (Å²) in [6, 6.07) is 9.63. The van der Waals surface area contributed by atoms with E-state index >= 15 is 0 Å². The van der Waals surface area contributed by atoms with Crippen molar-refractivity contribution in [2.45, 2.75) is 19.6 Å². The second-order valence-electron chi connectivity index (χ2n) is 4.47. The molecular formula is C11H16ClNOSSi. The van der Waals surface area contributed by atoms with Crippen LogP contribution in [0.5, 0.6) is 0 Å². The Morgan fingerprint density at radius 2 is 1.81 bits per heavy atom. The molecule has 1 aromatic carbocycles. The van der Waals surface area contributed by atoms with Crippen LogP contribution >= 0.6 is 10.7 Å². The molecule has 2 nitrogen and oxygen atoms in total. The van der Waals surface area contributed by atoms with Crippen LogP contribution in [0.15, 0.2) is 39.8 Å². The maximum absolute atomic E-state index is 11.9. The molecule has 0 saturated carbocycles. The Bertz CT molecular complexity index is 484. The van der Waals surface area contributed by atoms with E-state index in [1.807, 2.05) is 50.0 Å². The molecule has 0 heterocycles. The van der Waals surface area contributed by atoms with Gasteiger partial charge in [-0.05, 0) is 31.3 Å². The molecule has 88 valence electrons. The molecule has 0 aliphatic carbocycles. The molecule has 0 aliphatic heterocycles. The summed E-state index contributed by atoms with van der Waals surface area (Å²) < 4.78 is 16.1. The van der Waals surface area contributed by atoms with Gasteiger partial charge in [0.25, 0.3) is 0 Å². The second-order valence-corrected chi connectivity index (χ2v) is 12.1. The van der Waals surface area contributed by atoms with E-state index in [0.29, 0.717) is 0 Å². The highest BCUT2D eigenvalue weighted by Gasteiger charge is 2.14. The van der Waals surface area contributed by atoms with Crippen LogP contribution in [0.3, 0.4) is 0 Å². The van der Waals surface area contributed by atoms with Crippen LogP contribution in [0.1, 0.15) is 5.56 Å². The fourth-order valence-electron chi connectivity index (χ4n) is 1.13. The number of hydrogen-bond acceptors (Lipinski definition) is 2. The van der Waals surface area contributed by atoms with Gasteiger partial charge in [0.1, 0.15) is 8.94 Å². The first-order valence-electron chi connectivity index (χ1n) is 5.00. The van der Waals surface area contributed by atoms with Crippen molar-refractivity contribution in [2.75, 3.05) is 0 Å². The van der Waals surface area contributed by atoms with Gasteiger partial charge in [-0.1, -0.05) is 30.3 Å². The number of nitrogens with zero attached hydrogens (tertiary/aromatic N) is 1. The van der Waals surface area contributed by atoms with Crippen LogP contribution in [0.2, 0.25) is 19.6 Å². The van der Waals surface area contributed by atoms with Crippen LogP contribution in [-0.2, 0) is 8.94 Å². The third-order valence-corrected chi connectivity index (χ3v) is 6.21. The SMILES string of the molecule is C[Si](C)(C)N=S(=O)(Cl)C=Cc1ccccc1. The molecule has 0 saturated heterocycles. The number of rotatable bonds is 3. The molecule has 0 bridgehead atoms. The first kappa shape index (κ1) is 13.5. The zero-order valence-corrected chi connectivity index (χ0v) is 12.3. The highest BCUT2D eigenvalue weighted by Crippen LogP contribution is 2.14. The maximum atomic E-state index is 11.9. The van der Waals surface area contributed by atoms with Gasteiger partial charge >= 0.3 is 0 Å². The number of hydrogen-bond donors (Lipinski definition) is 0. The Kier molecular flexibility index (Phi) is 4.35. The molecular weight excluding hydrogens is 258 g/mol. The summed E-state index contributed by atoms with van der Waals surface area (Å²) in [6.07, 6.45) is 1.75. The topological polar surface area (TPSA) is 29.4 Å². The normalized spacial score (nSPS) is 16.0. The highest BCUT2D eigenvalue weighted by molar-refractivity contribution is 8.18. The molecule has 1 aromatic rings. The summed E-state index contributed by atoms with van der Waals surface area (Å²) in [6.45, 7) is 6.02. The van der Waals surface area contributed by atoms with E-state index < -0.39 is 17.2 Å². The summed E-state index contributed by atoms with van der Waals surface area (Å²) in [5.74, 6) is 0. The van der Waals surface area contributed by atoms with Crippen molar-refractivity contribution in [1.82, 2.24) is 0 Å². The van der Waals surface area contributed by atoms with Gasteiger partial charge in [-0.2, -0.15) is 0 Å². The standard InChI is InChI=1S/C11H16ClNOSSi/c1-16(2,3)13-15(12,14)10-9-11-7-5-4-6-8-11/h4-10H,1-3H3. The van der Waals surface area contributed by atoms with Gasteiger partial charge < -0.3 is 0 Å². The van der Waals surface area contributed by atoms with E-state index in [0.717, 1.165) is 5.56 Å². The van der Waals surface area contributed by atoms with Gasteiger partial charge in [-0.25, -0.2) is 4.21 Å². The number of halogens is 1. The molecule has 0 radical (unpaired) electrons. The van der Waals surface area contributed by atoms with Crippen LogP contribution in [0, 0.1) is 0 Å². The first-order valence-corrected chi connectivity index (χ1v) is 10.8. The lowest BCUT2D eigenvalue weighted by molar-refractivity contribution is 0.691. The summed E-state index contributed by atoms with van der Waals surface area (Å²) >= 11 is 0. The third kappa shape index (κ3) is 5.49. The van der Waals surface area contributed by atoms with Crippen molar-refractivity contribution >= 4 is 33.9 Å². The third-order valence-electron chi connectivity index (χ3n) is 1.63. The predicted molar refractivity (Wildman–Crippen MR) is 75.2 cm³/mol. The second kappa shape index (κ2) is 5.16. The first-order chi connectivity index (χ1) is 7.29. The molecule has 16 heavy (non-hydrogen) atoms. The zero-order chi connectivity index (χ0) is 12.2. The molecule has 1 atom stereocenters. The van der Waals surface area contributed by atoms with E-state index in [1.165, 1.54) is 5.41 Å². The van der Waals surface area contributed by atoms with E-state index in [1.54, 1.807) is 6.08 Å². The van der Waals surface area contributed by atoms with Gasteiger partial charge in [0.05, 0.1) is 0 Å². The quantitative estimate of drug-likeness (QED) is 0.602. The van der Waals surface area contributed by atoms with Gasteiger partial charge in [0, 0.05) is 16.1 Å². The summed E-state index contributed by atoms with van der Waals surface area (Å²) in [5, 5.41) is 1.49. The maximum Gasteiger partial charge on any atom is 0.186 e. The fraction of sp³-hybridized carbons (Fsp3) is 0.273. The van der Waals surface area contributed by atoms with E-state index in [2.05, 4.69) is 4.03 Å². The average molecular weight is 274 g/mol. The van der Waals surface area contributed by atoms with Crippen molar-refractivity contribution in [3.63, 3.8) is 0 Å². The van der Waals surface area contributed by atoms with E-state index in [-0.39, 0.29) is 0 Å². The summed E-state index contributed by atoms with van der Waals surface area (Å²) in [5.41, 5.74) is 0.974. The van der Waals surface area contributed by atoms with Crippen molar-refractivity contribution in [1.29, 1.82) is 0 Å². The zero-order valence-electron chi connectivity index (χ0n) is 9.68. The molecule has 0 aliphatic rings. The minimum atomic E-state index is -2.71. The Balaban J connectivity index is 2.94. The fourth-order valence-corrected chi connectivity index (χ4v) is 6.70. The highest BCUT2D eigenvalue weighted by atomic mass is 35.7. The van der Waals surface area contributed by atoms with Gasteiger partial charge in [0.2, 0.25) is 0 Å². The van der Waals surface area contributed by atoms with Crippen molar-refractivity contribution in [3.8, 4) is 0 Å². The number of benzene rings is 1. The predicted octanol–water partition coefficient (Wildman–Crippen LogP) is 4.11. The van der Waals surface area contributed by atoms with Crippen molar-refractivity contribution in [3.05, 3.63) is 41.3 Å². The lowest BCUT2D eigenvalue weighted by Gasteiger charge is -2.08. The Morgan fingerprint density at radius 1 is 1.25 bits per heavy atom. The lowest BCUT2D eigenvalue weighted by Crippen LogP contribution is -2.17. The molecule has 0 spiro atoms. The van der Waals surface area contributed by atoms with Crippen molar-refractivity contribution in [2.24, 2.45) is 4.03 Å². The lowest BCUT2D eigenvalue weighted by atomic mass is 10.2. The van der Waals surface area contributed by atoms with Gasteiger partial charge in [0.15, 0.2) is 8.24 Å². The van der Waals surface area contributed by atoms with E-state index in [4.69, 9.17) is 10.7 Å². The Morgan fingerprint density at radius 3 is 2.31 bits per heavy atom. The molecule has 0 fully saturated rings. The molecule has 5 heteroatoms. The van der Waals surface area contributed by atoms with Gasteiger partial charge in [-0.15, -0.1) is 0 Å². The van der Waals surface area contributed by atoms with Crippen LogP contribution in [-0.4, -0.2) is 12.4 Å². The monoisotopic (exact) mass is 273 g/mol. The van der Waals surface area contributed by atoms with Gasteiger partial charge in [-0.3, -0.25) is 4.03 Å². The minimum absolute atomic E-state index is 0.974. The molecule has 0 amide bonds. The Hall–Kier alpha value is -0.583. The van der Waals surface area contributed by atoms with Crippen LogP contribution in [0.4, 0.5) is 0 Å². The molecule has 1 unspecified atom stereocenters.